The van der Waals surface area contributed by atoms with Crippen molar-refractivity contribution in [2.24, 2.45) is 0 Å². The van der Waals surface area contributed by atoms with E-state index < -0.39 is 0 Å². The summed E-state index contributed by atoms with van der Waals surface area (Å²) in [5, 5.41) is 12.1. The Labute approximate surface area is 181 Å². The average molecular weight is 415 g/mol. The van der Waals surface area contributed by atoms with E-state index >= 15 is 0 Å². The number of anilines is 1. The van der Waals surface area contributed by atoms with Crippen LogP contribution in [0.3, 0.4) is 0 Å². The topological polar surface area (TPSA) is 69.0 Å². The molecule has 4 aromatic rings. The number of benzene rings is 3. The molecule has 0 unspecified atom stereocenters. The predicted molar refractivity (Wildman–Crippen MR) is 123 cm³/mol. The maximum absolute atomic E-state index is 12.3. The Morgan fingerprint density at radius 2 is 1.71 bits per heavy atom. The summed E-state index contributed by atoms with van der Waals surface area (Å²) in [7, 11) is 0. The number of fused-ring (bicyclic) bond motifs is 1. The van der Waals surface area contributed by atoms with E-state index in [1.54, 1.807) is 4.80 Å². The van der Waals surface area contributed by atoms with Gasteiger partial charge in [-0.3, -0.25) is 4.79 Å². The van der Waals surface area contributed by atoms with E-state index in [0.29, 0.717) is 11.4 Å². The van der Waals surface area contributed by atoms with E-state index in [9.17, 15) is 4.79 Å². The van der Waals surface area contributed by atoms with Crippen molar-refractivity contribution in [1.29, 1.82) is 0 Å². The number of nitrogens with one attached hydrogen (secondary N) is 1. The van der Waals surface area contributed by atoms with Gasteiger partial charge in [-0.25, -0.2) is 0 Å². The molecule has 1 aromatic heterocycles. The first-order valence-electron chi connectivity index (χ1n) is 10.6. The molecule has 6 heteroatoms. The average Bonchev–Trinajstić information content (AvgIpc) is 3.20. The summed E-state index contributed by atoms with van der Waals surface area (Å²) in [6.07, 6.45) is 3.46. The molecule has 158 valence electrons. The number of unbranched alkanes of at least 4 members (excludes halogenated alkanes) is 1. The van der Waals surface area contributed by atoms with E-state index in [0.717, 1.165) is 28.7 Å². The van der Waals surface area contributed by atoms with Gasteiger partial charge in [-0.1, -0.05) is 43.7 Å². The van der Waals surface area contributed by atoms with Gasteiger partial charge in [-0.15, -0.1) is 10.2 Å². The molecule has 1 amide bonds. The summed E-state index contributed by atoms with van der Waals surface area (Å²) in [5.41, 5.74) is 5.36. The summed E-state index contributed by atoms with van der Waals surface area (Å²) in [5.74, 6) is 0.440. The molecule has 1 N–H and O–H groups in total. The number of carbonyl (C=O) groups excluding carboxylic acids is 1. The van der Waals surface area contributed by atoms with Gasteiger partial charge in [-0.05, 0) is 67.3 Å². The molecule has 3 aromatic carbocycles. The molecule has 4 rings (SSSR count). The highest BCUT2D eigenvalue weighted by Gasteiger charge is 2.11. The molecule has 0 aliphatic heterocycles. The molecule has 0 aliphatic carbocycles. The van der Waals surface area contributed by atoms with Crippen molar-refractivity contribution < 1.29 is 9.53 Å². The first-order chi connectivity index (χ1) is 15.1. The van der Waals surface area contributed by atoms with Crippen molar-refractivity contribution in [3.05, 3.63) is 77.9 Å². The summed E-state index contributed by atoms with van der Waals surface area (Å²) in [6, 6.07) is 21.4. The van der Waals surface area contributed by atoms with Crippen molar-refractivity contribution in [1.82, 2.24) is 15.0 Å². The standard InChI is InChI=1S/C25H26N4O2/c1-3-4-8-19-11-13-20(14-12-19)29-27-23-15-18(2)22(16-24(23)28-29)26-25(30)17-31-21-9-6-5-7-10-21/h5-7,9-16H,3-4,8,17H2,1-2H3,(H,26,30). The summed E-state index contributed by atoms with van der Waals surface area (Å²) in [4.78, 5) is 14.0. The van der Waals surface area contributed by atoms with Gasteiger partial charge >= 0.3 is 0 Å². The Bertz CT molecular complexity index is 1170. The van der Waals surface area contributed by atoms with Gasteiger partial charge < -0.3 is 10.1 Å². The zero-order valence-corrected chi connectivity index (χ0v) is 17.8. The number of rotatable bonds is 8. The first-order valence-corrected chi connectivity index (χ1v) is 10.6. The molecule has 0 atom stereocenters. The minimum absolute atomic E-state index is 0.0570. The van der Waals surface area contributed by atoms with Crippen LogP contribution < -0.4 is 10.1 Å². The third-order valence-electron chi connectivity index (χ3n) is 5.10. The van der Waals surface area contributed by atoms with Gasteiger partial charge in [0.25, 0.3) is 5.91 Å². The Morgan fingerprint density at radius 1 is 1.00 bits per heavy atom. The van der Waals surface area contributed by atoms with Crippen molar-refractivity contribution in [3.63, 3.8) is 0 Å². The molecule has 0 saturated heterocycles. The molecular formula is C25H26N4O2. The van der Waals surface area contributed by atoms with Gasteiger partial charge in [0.1, 0.15) is 16.8 Å². The molecule has 0 bridgehead atoms. The lowest BCUT2D eigenvalue weighted by Gasteiger charge is -2.09. The van der Waals surface area contributed by atoms with Crippen molar-refractivity contribution in [2.45, 2.75) is 33.1 Å². The highest BCUT2D eigenvalue weighted by molar-refractivity contribution is 5.95. The van der Waals surface area contributed by atoms with Gasteiger partial charge in [0.2, 0.25) is 0 Å². The second kappa shape index (κ2) is 9.43. The maximum atomic E-state index is 12.3. The fraction of sp³-hybridized carbons (Fsp3) is 0.240. The fourth-order valence-corrected chi connectivity index (χ4v) is 3.35. The molecule has 0 saturated carbocycles. The highest BCUT2D eigenvalue weighted by Crippen LogP contribution is 2.22. The quantitative estimate of drug-likeness (QED) is 0.436. The number of amides is 1. The molecule has 0 radical (unpaired) electrons. The number of para-hydroxylation sites is 1. The van der Waals surface area contributed by atoms with Crippen LogP contribution in [-0.2, 0) is 11.2 Å². The SMILES string of the molecule is CCCCc1ccc(-n2nc3cc(C)c(NC(=O)COc4ccccc4)cc3n2)cc1. The number of hydrogen-bond acceptors (Lipinski definition) is 4. The summed E-state index contributed by atoms with van der Waals surface area (Å²) >= 11 is 0. The largest absolute Gasteiger partial charge is 0.484 e. The van der Waals surface area contributed by atoms with E-state index in [1.165, 1.54) is 18.4 Å². The van der Waals surface area contributed by atoms with Crippen LogP contribution in [0.25, 0.3) is 16.7 Å². The van der Waals surface area contributed by atoms with E-state index in [1.807, 2.05) is 61.5 Å². The Kier molecular flexibility index (Phi) is 6.26. The molecular weight excluding hydrogens is 388 g/mol. The molecule has 6 nitrogen and oxygen atoms in total. The fourth-order valence-electron chi connectivity index (χ4n) is 3.35. The number of ether oxygens (including phenoxy) is 1. The van der Waals surface area contributed by atoms with Gasteiger partial charge in [0.05, 0.1) is 5.69 Å². The lowest BCUT2D eigenvalue weighted by atomic mass is 10.1. The summed E-state index contributed by atoms with van der Waals surface area (Å²) in [6.45, 7) is 4.08. The van der Waals surface area contributed by atoms with Crippen molar-refractivity contribution in [3.8, 4) is 11.4 Å². The van der Waals surface area contributed by atoms with E-state index in [4.69, 9.17) is 4.74 Å². The maximum Gasteiger partial charge on any atom is 0.262 e. The van der Waals surface area contributed by atoms with Gasteiger partial charge in [0.15, 0.2) is 6.61 Å². The molecule has 31 heavy (non-hydrogen) atoms. The highest BCUT2D eigenvalue weighted by atomic mass is 16.5. The number of hydrogen-bond donors (Lipinski definition) is 1. The normalized spacial score (nSPS) is 10.9. The molecule has 0 spiro atoms. The monoisotopic (exact) mass is 414 g/mol. The lowest BCUT2D eigenvalue weighted by molar-refractivity contribution is -0.118. The first kappa shape index (κ1) is 20.6. The molecule has 1 heterocycles. The number of aryl methyl sites for hydroxylation is 2. The predicted octanol–water partition coefficient (Wildman–Crippen LogP) is 5.09. The Morgan fingerprint density at radius 3 is 2.42 bits per heavy atom. The van der Waals surface area contributed by atoms with Crippen LogP contribution in [-0.4, -0.2) is 27.5 Å². The smallest absolute Gasteiger partial charge is 0.262 e. The van der Waals surface area contributed by atoms with Crippen LogP contribution in [0.1, 0.15) is 30.9 Å². The van der Waals surface area contributed by atoms with Gasteiger partial charge in [0, 0.05) is 5.69 Å². The minimum Gasteiger partial charge on any atom is -0.484 e. The molecule has 0 aliphatic rings. The van der Waals surface area contributed by atoms with Crippen LogP contribution in [0.15, 0.2) is 66.7 Å². The number of aromatic nitrogens is 3. The Balaban J connectivity index is 1.47. The zero-order chi connectivity index (χ0) is 21.6. The minimum atomic E-state index is -0.221. The van der Waals surface area contributed by atoms with Crippen LogP contribution in [0.4, 0.5) is 5.69 Å². The van der Waals surface area contributed by atoms with Crippen LogP contribution >= 0.6 is 0 Å². The second-order valence-corrected chi connectivity index (χ2v) is 7.57. The van der Waals surface area contributed by atoms with Crippen LogP contribution in [0.5, 0.6) is 5.75 Å². The number of nitrogens with zero attached hydrogens (tertiary/aromatic N) is 3. The third kappa shape index (κ3) is 5.09. The zero-order valence-electron chi connectivity index (χ0n) is 17.8. The van der Waals surface area contributed by atoms with Crippen molar-refractivity contribution in [2.75, 3.05) is 11.9 Å². The van der Waals surface area contributed by atoms with E-state index in [-0.39, 0.29) is 12.5 Å². The lowest BCUT2D eigenvalue weighted by Crippen LogP contribution is -2.20. The van der Waals surface area contributed by atoms with Crippen LogP contribution in [0.2, 0.25) is 0 Å². The van der Waals surface area contributed by atoms with Crippen molar-refractivity contribution >= 4 is 22.6 Å². The Hall–Kier alpha value is -3.67. The van der Waals surface area contributed by atoms with E-state index in [2.05, 4.69) is 34.6 Å². The van der Waals surface area contributed by atoms with Crippen LogP contribution in [0, 0.1) is 6.92 Å². The van der Waals surface area contributed by atoms with Gasteiger partial charge in [-0.2, -0.15) is 4.80 Å². The number of carbonyl (C=O) groups is 1. The second-order valence-electron chi connectivity index (χ2n) is 7.57. The third-order valence-corrected chi connectivity index (χ3v) is 5.10. The summed E-state index contributed by atoms with van der Waals surface area (Å²) < 4.78 is 5.52. The molecule has 0 fully saturated rings.